The normalized spacial score (nSPS) is 13.0. The van der Waals surface area contributed by atoms with Crippen LogP contribution in [-0.4, -0.2) is 16.1 Å². The highest BCUT2D eigenvalue weighted by Crippen LogP contribution is 2.23. The van der Waals surface area contributed by atoms with Gasteiger partial charge in [-0.15, -0.1) is 0 Å². The summed E-state index contributed by atoms with van der Waals surface area (Å²) in [4.78, 5) is 10.8. The first-order valence-electron chi connectivity index (χ1n) is 4.30. The monoisotopic (exact) mass is 252 g/mol. The van der Waals surface area contributed by atoms with E-state index in [1.165, 1.54) is 0 Å². The topological polar surface area (TPSA) is 34.9 Å². The number of aldehydes is 1. The van der Waals surface area contributed by atoms with Gasteiger partial charge in [-0.05, 0) is 13.0 Å². The first-order chi connectivity index (χ1) is 6.74. The molecule has 72 valence electrons. The molecule has 0 aliphatic carbocycles. The number of benzene rings is 1. The maximum Gasteiger partial charge on any atom is 0.170 e. The third-order valence-corrected chi connectivity index (χ3v) is 2.48. The summed E-state index contributed by atoms with van der Waals surface area (Å²) in [6, 6.07) is 7.69. The molecule has 4 heteroatoms. The Bertz CT molecular complexity index is 476. The SMILES string of the molecule is CC(Br)n1nc(C=O)c2ccccc21. The molecule has 0 fully saturated rings. The fraction of sp³-hybridized carbons (Fsp3) is 0.200. The molecule has 1 unspecified atom stereocenters. The van der Waals surface area contributed by atoms with Gasteiger partial charge in [-0.25, -0.2) is 0 Å². The van der Waals surface area contributed by atoms with Crippen LogP contribution in [-0.2, 0) is 0 Å². The van der Waals surface area contributed by atoms with Crippen LogP contribution in [0.15, 0.2) is 24.3 Å². The van der Waals surface area contributed by atoms with Gasteiger partial charge in [-0.2, -0.15) is 5.10 Å². The van der Waals surface area contributed by atoms with E-state index in [9.17, 15) is 4.79 Å². The highest BCUT2D eigenvalue weighted by molar-refractivity contribution is 9.09. The standard InChI is InChI=1S/C10H9BrN2O/c1-7(11)13-10-5-3-2-4-8(10)9(6-14)12-13/h2-7H,1H3. The van der Waals surface area contributed by atoms with E-state index in [4.69, 9.17) is 0 Å². The fourth-order valence-electron chi connectivity index (χ4n) is 1.47. The fourth-order valence-corrected chi connectivity index (χ4v) is 1.78. The van der Waals surface area contributed by atoms with Crippen molar-refractivity contribution in [2.75, 3.05) is 0 Å². The molecule has 0 aliphatic heterocycles. The van der Waals surface area contributed by atoms with E-state index in [2.05, 4.69) is 21.0 Å². The molecular weight excluding hydrogens is 244 g/mol. The van der Waals surface area contributed by atoms with Crippen LogP contribution < -0.4 is 0 Å². The summed E-state index contributed by atoms with van der Waals surface area (Å²) in [7, 11) is 0. The molecule has 0 saturated carbocycles. The molecule has 14 heavy (non-hydrogen) atoms. The van der Waals surface area contributed by atoms with Crippen molar-refractivity contribution in [2.24, 2.45) is 0 Å². The molecule has 1 aromatic heterocycles. The minimum absolute atomic E-state index is 0.0844. The van der Waals surface area contributed by atoms with Crippen LogP contribution in [0.1, 0.15) is 22.4 Å². The second kappa shape index (κ2) is 3.53. The molecule has 0 amide bonds. The lowest BCUT2D eigenvalue weighted by Gasteiger charge is -2.04. The Labute approximate surface area is 89.8 Å². The molecule has 0 aliphatic rings. The van der Waals surface area contributed by atoms with Crippen molar-refractivity contribution in [3.8, 4) is 0 Å². The first-order valence-corrected chi connectivity index (χ1v) is 5.22. The number of carbonyl (C=O) groups is 1. The van der Waals surface area contributed by atoms with Gasteiger partial charge in [0.1, 0.15) is 10.6 Å². The Morgan fingerprint density at radius 2 is 2.21 bits per heavy atom. The Morgan fingerprint density at radius 3 is 2.86 bits per heavy atom. The Morgan fingerprint density at radius 1 is 1.50 bits per heavy atom. The molecule has 0 radical (unpaired) electrons. The third kappa shape index (κ3) is 1.35. The van der Waals surface area contributed by atoms with E-state index in [1.54, 1.807) is 4.68 Å². The lowest BCUT2D eigenvalue weighted by molar-refractivity contribution is 0.111. The zero-order valence-electron chi connectivity index (χ0n) is 7.64. The molecule has 1 atom stereocenters. The van der Waals surface area contributed by atoms with Gasteiger partial charge in [-0.3, -0.25) is 9.48 Å². The van der Waals surface area contributed by atoms with E-state index in [0.29, 0.717) is 5.69 Å². The lowest BCUT2D eigenvalue weighted by Crippen LogP contribution is -1.99. The van der Waals surface area contributed by atoms with Crippen LogP contribution >= 0.6 is 15.9 Å². The maximum atomic E-state index is 10.8. The van der Waals surface area contributed by atoms with Gasteiger partial charge in [0.15, 0.2) is 6.29 Å². The van der Waals surface area contributed by atoms with Crippen LogP contribution in [0.3, 0.4) is 0 Å². The van der Waals surface area contributed by atoms with Gasteiger partial charge in [-0.1, -0.05) is 34.1 Å². The third-order valence-electron chi connectivity index (χ3n) is 2.09. The van der Waals surface area contributed by atoms with E-state index in [-0.39, 0.29) is 4.95 Å². The van der Waals surface area contributed by atoms with Crippen molar-refractivity contribution < 1.29 is 4.79 Å². The number of hydrogen-bond donors (Lipinski definition) is 0. The molecule has 0 bridgehead atoms. The van der Waals surface area contributed by atoms with E-state index < -0.39 is 0 Å². The summed E-state index contributed by atoms with van der Waals surface area (Å²) < 4.78 is 1.79. The number of hydrogen-bond acceptors (Lipinski definition) is 2. The van der Waals surface area contributed by atoms with E-state index in [0.717, 1.165) is 17.2 Å². The van der Waals surface area contributed by atoms with Gasteiger partial charge >= 0.3 is 0 Å². The minimum Gasteiger partial charge on any atom is -0.296 e. The van der Waals surface area contributed by atoms with Gasteiger partial charge in [0.05, 0.1) is 5.52 Å². The van der Waals surface area contributed by atoms with Crippen molar-refractivity contribution in [2.45, 2.75) is 11.9 Å². The van der Waals surface area contributed by atoms with Crippen molar-refractivity contribution >= 4 is 33.1 Å². The van der Waals surface area contributed by atoms with Gasteiger partial charge < -0.3 is 0 Å². The quantitative estimate of drug-likeness (QED) is 0.609. The number of alkyl halides is 1. The molecule has 2 rings (SSSR count). The summed E-state index contributed by atoms with van der Waals surface area (Å²) in [5.74, 6) is 0. The molecule has 0 saturated heterocycles. The van der Waals surface area contributed by atoms with Gasteiger partial charge in [0.25, 0.3) is 0 Å². The van der Waals surface area contributed by atoms with Crippen LogP contribution in [0.4, 0.5) is 0 Å². The Balaban J connectivity index is 2.79. The lowest BCUT2D eigenvalue weighted by atomic mass is 10.2. The van der Waals surface area contributed by atoms with Crippen LogP contribution in [0.2, 0.25) is 0 Å². The second-order valence-corrected chi connectivity index (χ2v) is 4.36. The molecule has 0 spiro atoms. The Hall–Kier alpha value is -1.16. The first kappa shape index (κ1) is 9.40. The average Bonchev–Trinajstić information content (AvgIpc) is 2.56. The molecule has 2 aromatic rings. The predicted octanol–water partition coefficient (Wildman–Crippen LogP) is 2.76. The average molecular weight is 253 g/mol. The van der Waals surface area contributed by atoms with E-state index in [1.807, 2.05) is 31.2 Å². The largest absolute Gasteiger partial charge is 0.296 e. The molecule has 0 N–H and O–H groups in total. The molecular formula is C10H9BrN2O. The summed E-state index contributed by atoms with van der Waals surface area (Å²) >= 11 is 3.43. The van der Waals surface area contributed by atoms with Gasteiger partial charge in [0, 0.05) is 5.39 Å². The van der Waals surface area contributed by atoms with Crippen LogP contribution in [0.5, 0.6) is 0 Å². The summed E-state index contributed by atoms with van der Waals surface area (Å²) in [6.07, 6.45) is 0.786. The zero-order valence-corrected chi connectivity index (χ0v) is 9.23. The smallest absolute Gasteiger partial charge is 0.170 e. The predicted molar refractivity (Wildman–Crippen MR) is 58.8 cm³/mol. The Kier molecular flexibility index (Phi) is 2.37. The van der Waals surface area contributed by atoms with Crippen LogP contribution in [0.25, 0.3) is 10.9 Å². The van der Waals surface area contributed by atoms with Crippen molar-refractivity contribution in [1.29, 1.82) is 0 Å². The number of rotatable bonds is 2. The number of para-hydroxylation sites is 1. The van der Waals surface area contributed by atoms with Crippen molar-refractivity contribution in [3.05, 3.63) is 30.0 Å². The van der Waals surface area contributed by atoms with Crippen molar-refractivity contribution in [1.82, 2.24) is 9.78 Å². The highest BCUT2D eigenvalue weighted by atomic mass is 79.9. The molecule has 1 aromatic carbocycles. The molecule has 1 heterocycles. The maximum absolute atomic E-state index is 10.8. The minimum atomic E-state index is 0.0844. The zero-order chi connectivity index (χ0) is 10.1. The number of halogens is 1. The second-order valence-electron chi connectivity index (χ2n) is 3.04. The van der Waals surface area contributed by atoms with Gasteiger partial charge in [0.2, 0.25) is 0 Å². The number of nitrogens with zero attached hydrogens (tertiary/aromatic N) is 2. The van der Waals surface area contributed by atoms with E-state index >= 15 is 0 Å². The van der Waals surface area contributed by atoms with Crippen molar-refractivity contribution in [3.63, 3.8) is 0 Å². The number of fused-ring (bicyclic) bond motifs is 1. The number of aromatic nitrogens is 2. The molecule has 3 nitrogen and oxygen atoms in total. The summed E-state index contributed by atoms with van der Waals surface area (Å²) in [6.45, 7) is 1.97. The van der Waals surface area contributed by atoms with Crippen LogP contribution in [0, 0.1) is 0 Å². The summed E-state index contributed by atoms with van der Waals surface area (Å²) in [5, 5.41) is 5.11. The summed E-state index contributed by atoms with van der Waals surface area (Å²) in [5.41, 5.74) is 1.46. The number of carbonyl (C=O) groups excluding carboxylic acids is 1. The highest BCUT2D eigenvalue weighted by Gasteiger charge is 2.11.